The molecule has 2 rings (SSSR count). The van der Waals surface area contributed by atoms with Crippen molar-refractivity contribution < 1.29 is 28.8 Å². The quantitative estimate of drug-likeness (QED) is 0.407. The van der Waals surface area contributed by atoms with E-state index < -0.39 is 35.3 Å². The average molecular weight is 364 g/mol. The molecule has 2 aliphatic rings. The van der Waals surface area contributed by atoms with Crippen LogP contribution in [-0.2, 0) is 19.2 Å². The van der Waals surface area contributed by atoms with E-state index in [1.54, 1.807) is 13.8 Å². The fourth-order valence-electron chi connectivity index (χ4n) is 3.58. The number of nitrogens with zero attached hydrogens (tertiary/aromatic N) is 2. The number of ether oxygens (including phenoxy) is 2. The van der Waals surface area contributed by atoms with Crippen molar-refractivity contribution in [2.24, 2.45) is 10.8 Å². The Morgan fingerprint density at radius 3 is 1.54 bits per heavy atom. The van der Waals surface area contributed by atoms with Crippen molar-refractivity contribution in [1.82, 2.24) is 0 Å². The highest BCUT2D eigenvalue weighted by atomic mass is 17.3. The predicted octanol–water partition coefficient (Wildman–Crippen LogP) is 4.15. The fourth-order valence-corrected chi connectivity index (χ4v) is 3.58. The number of rotatable bonds is 2. The van der Waals surface area contributed by atoms with Crippen LogP contribution in [0, 0.1) is 33.5 Å². The van der Waals surface area contributed by atoms with E-state index in [1.807, 2.05) is 0 Å². The molecular weight excluding hydrogens is 340 g/mol. The molecule has 0 radical (unpaired) electrons. The van der Waals surface area contributed by atoms with Crippen LogP contribution in [0.5, 0.6) is 0 Å². The minimum Gasteiger partial charge on any atom is -0.427 e. The average Bonchev–Trinajstić information content (AvgIpc) is 2.64. The molecular formula is C18H24N2O6. The molecule has 8 nitrogen and oxygen atoms in total. The van der Waals surface area contributed by atoms with Gasteiger partial charge in [-0.1, -0.05) is 12.8 Å². The molecule has 0 saturated heterocycles. The molecule has 26 heavy (non-hydrogen) atoms. The van der Waals surface area contributed by atoms with Gasteiger partial charge in [0.1, 0.15) is 12.2 Å². The lowest BCUT2D eigenvalue weighted by molar-refractivity contribution is -0.231. The third-order valence-electron chi connectivity index (χ3n) is 5.41. The zero-order valence-electron chi connectivity index (χ0n) is 15.2. The lowest BCUT2D eigenvalue weighted by Gasteiger charge is -2.34. The highest BCUT2D eigenvalue weighted by Gasteiger charge is 2.41. The van der Waals surface area contributed by atoms with E-state index in [0.29, 0.717) is 25.7 Å². The summed E-state index contributed by atoms with van der Waals surface area (Å²) in [5.74, 6) is 0. The van der Waals surface area contributed by atoms with Crippen LogP contribution >= 0.6 is 0 Å². The Kier molecular flexibility index (Phi) is 6.31. The van der Waals surface area contributed by atoms with E-state index in [0.717, 1.165) is 25.7 Å². The second kappa shape index (κ2) is 8.27. The molecule has 4 unspecified atom stereocenters. The summed E-state index contributed by atoms with van der Waals surface area (Å²) < 4.78 is 10.3. The monoisotopic (exact) mass is 364 g/mol. The predicted molar refractivity (Wildman–Crippen MR) is 87.1 cm³/mol. The topological polar surface area (TPSA) is 119 Å². The van der Waals surface area contributed by atoms with Gasteiger partial charge in [-0.15, -0.1) is 0 Å². The molecule has 0 heterocycles. The maximum Gasteiger partial charge on any atom is 0.550 e. The van der Waals surface area contributed by atoms with Gasteiger partial charge >= 0.3 is 12.3 Å². The molecule has 0 aliphatic heterocycles. The minimum absolute atomic E-state index is 0.548. The summed E-state index contributed by atoms with van der Waals surface area (Å²) in [7, 11) is 0. The first-order chi connectivity index (χ1) is 12.3. The van der Waals surface area contributed by atoms with Gasteiger partial charge in [0.15, 0.2) is 0 Å². The van der Waals surface area contributed by atoms with Crippen molar-refractivity contribution in [2.45, 2.75) is 77.4 Å². The fraction of sp³-hybridized carbons (Fsp3) is 0.778. The number of carbonyl (C=O) groups is 2. The molecule has 0 aromatic heterocycles. The van der Waals surface area contributed by atoms with E-state index in [1.165, 1.54) is 0 Å². The maximum atomic E-state index is 11.8. The summed E-state index contributed by atoms with van der Waals surface area (Å²) in [6.07, 6.45) is 2.18. The number of carbonyl (C=O) groups excluding carboxylic acids is 2. The van der Waals surface area contributed by atoms with Gasteiger partial charge in [-0.3, -0.25) is 0 Å². The van der Waals surface area contributed by atoms with Gasteiger partial charge in [-0.05, 0) is 52.4 Å². The molecule has 4 atom stereocenters. The second-order valence-electron chi connectivity index (χ2n) is 7.43. The third-order valence-corrected chi connectivity index (χ3v) is 5.41. The van der Waals surface area contributed by atoms with Crippen LogP contribution < -0.4 is 0 Å². The summed E-state index contributed by atoms with van der Waals surface area (Å²) in [4.78, 5) is 32.2. The first kappa shape index (κ1) is 19.8. The van der Waals surface area contributed by atoms with Gasteiger partial charge in [0.2, 0.25) is 0 Å². The van der Waals surface area contributed by atoms with Crippen LogP contribution in [0.2, 0.25) is 0 Å². The molecule has 0 aromatic rings. The summed E-state index contributed by atoms with van der Waals surface area (Å²) in [6.45, 7) is 3.45. The number of nitriles is 2. The van der Waals surface area contributed by atoms with Gasteiger partial charge in [0.05, 0.1) is 23.0 Å². The number of hydrogen-bond acceptors (Lipinski definition) is 8. The van der Waals surface area contributed by atoms with Crippen LogP contribution in [0.1, 0.15) is 65.2 Å². The van der Waals surface area contributed by atoms with Gasteiger partial charge in [0.25, 0.3) is 0 Å². The molecule has 0 bridgehead atoms. The summed E-state index contributed by atoms with van der Waals surface area (Å²) in [6, 6.07) is 4.35. The molecule has 142 valence electrons. The van der Waals surface area contributed by atoms with Crippen molar-refractivity contribution in [3.8, 4) is 12.1 Å². The van der Waals surface area contributed by atoms with E-state index >= 15 is 0 Å². The third kappa shape index (κ3) is 4.57. The van der Waals surface area contributed by atoms with Gasteiger partial charge < -0.3 is 9.47 Å². The highest BCUT2D eigenvalue weighted by molar-refractivity contribution is 5.64. The van der Waals surface area contributed by atoms with Crippen molar-refractivity contribution in [2.75, 3.05) is 0 Å². The number of hydrogen-bond donors (Lipinski definition) is 0. The largest absolute Gasteiger partial charge is 0.550 e. The standard InChI is InChI=1S/C18H24N2O6/c1-17(11-19)9-5-3-7-13(17)23-15(21)25-26-16(22)24-14-8-4-6-10-18(14,2)12-20/h13-14H,3-10H2,1-2H3. The van der Waals surface area contributed by atoms with Crippen LogP contribution in [0.4, 0.5) is 9.59 Å². The molecule has 0 amide bonds. The van der Waals surface area contributed by atoms with Crippen molar-refractivity contribution in [3.05, 3.63) is 0 Å². The Bertz CT molecular complexity index is 570. The molecule has 2 saturated carbocycles. The molecule has 0 spiro atoms. The second-order valence-corrected chi connectivity index (χ2v) is 7.43. The smallest absolute Gasteiger partial charge is 0.427 e. The first-order valence-corrected chi connectivity index (χ1v) is 8.91. The van der Waals surface area contributed by atoms with E-state index in [-0.39, 0.29) is 0 Å². The van der Waals surface area contributed by atoms with Crippen molar-refractivity contribution >= 4 is 12.3 Å². The van der Waals surface area contributed by atoms with Crippen LogP contribution in [0.25, 0.3) is 0 Å². The van der Waals surface area contributed by atoms with Crippen LogP contribution in [0.3, 0.4) is 0 Å². The van der Waals surface area contributed by atoms with Gasteiger partial charge in [-0.25, -0.2) is 0 Å². The Morgan fingerprint density at radius 1 is 0.808 bits per heavy atom. The van der Waals surface area contributed by atoms with Crippen LogP contribution in [-0.4, -0.2) is 24.5 Å². The maximum absolute atomic E-state index is 11.8. The minimum atomic E-state index is -1.19. The summed E-state index contributed by atoms with van der Waals surface area (Å²) in [5.41, 5.74) is -1.57. The molecule has 0 N–H and O–H groups in total. The van der Waals surface area contributed by atoms with Gasteiger partial charge in [0, 0.05) is 0 Å². The Labute approximate surface area is 152 Å². The molecule has 0 aromatic carbocycles. The summed E-state index contributed by atoms with van der Waals surface area (Å²) in [5, 5.41) is 18.6. The van der Waals surface area contributed by atoms with Gasteiger partial charge in [-0.2, -0.15) is 29.9 Å². The lowest BCUT2D eigenvalue weighted by atomic mass is 9.74. The first-order valence-electron chi connectivity index (χ1n) is 8.91. The van der Waals surface area contributed by atoms with E-state index in [2.05, 4.69) is 21.9 Å². The van der Waals surface area contributed by atoms with Crippen molar-refractivity contribution in [1.29, 1.82) is 10.5 Å². The van der Waals surface area contributed by atoms with E-state index in [4.69, 9.17) is 9.47 Å². The summed E-state index contributed by atoms with van der Waals surface area (Å²) >= 11 is 0. The normalized spacial score (nSPS) is 33.8. The zero-order valence-corrected chi connectivity index (χ0v) is 15.2. The van der Waals surface area contributed by atoms with E-state index in [9.17, 15) is 20.1 Å². The molecule has 2 fully saturated rings. The Morgan fingerprint density at radius 2 is 1.19 bits per heavy atom. The van der Waals surface area contributed by atoms with Crippen molar-refractivity contribution in [3.63, 3.8) is 0 Å². The van der Waals surface area contributed by atoms with Crippen LogP contribution in [0.15, 0.2) is 0 Å². The zero-order chi connectivity index (χ0) is 19.2. The lowest BCUT2D eigenvalue weighted by Crippen LogP contribution is -2.39. The Hall–Kier alpha value is -2.48. The SMILES string of the molecule is CC1(C#N)CCCCC1OC(=O)OOC(=O)OC1CCCCC1(C)C#N. The highest BCUT2D eigenvalue weighted by Crippen LogP contribution is 2.38. The molecule has 8 heteroatoms. The molecule has 2 aliphatic carbocycles. The Balaban J connectivity index is 1.81.